The number of hydrogen-bond donors (Lipinski definition) is 0. The van der Waals surface area contributed by atoms with Gasteiger partial charge in [0, 0.05) is 13.1 Å². The third kappa shape index (κ3) is 3.21. The quantitative estimate of drug-likeness (QED) is 0.790. The minimum absolute atomic E-state index is 0.236. The lowest BCUT2D eigenvalue weighted by Gasteiger charge is -2.33. The van der Waals surface area contributed by atoms with E-state index in [-0.39, 0.29) is 22.5 Å². The molecule has 1 heterocycles. The predicted octanol–water partition coefficient (Wildman–Crippen LogP) is 2.07. The molecule has 1 aliphatic heterocycles. The Morgan fingerprint density at radius 3 is 2.41 bits per heavy atom. The minimum Gasteiger partial charge on any atom is -0.469 e. The highest BCUT2D eigenvalue weighted by Gasteiger charge is 2.32. The molecule has 22 heavy (non-hydrogen) atoms. The van der Waals surface area contributed by atoms with Crippen molar-refractivity contribution in [2.75, 3.05) is 25.1 Å². The Labute approximate surface area is 127 Å². The molecule has 1 aromatic rings. The molecule has 8 heteroatoms. The second-order valence-electron chi connectivity index (χ2n) is 5.06. The average molecular weight is 333 g/mol. The summed E-state index contributed by atoms with van der Waals surface area (Å²) in [6.45, 7) is 0.824. The first-order valence-electron chi connectivity index (χ1n) is 6.81. The maximum atomic E-state index is 12.8. The number of ether oxygens (including phenoxy) is 1. The number of carbonyl (C=O) groups is 1. The predicted molar refractivity (Wildman–Crippen MR) is 76.6 cm³/mol. The molecule has 2 rings (SSSR count). The Hall–Kier alpha value is -1.70. The summed E-state index contributed by atoms with van der Waals surface area (Å²) in [7, 11) is -3.34. The van der Waals surface area contributed by atoms with Gasteiger partial charge in [0.05, 0.1) is 23.6 Å². The van der Waals surface area contributed by atoms with Crippen molar-refractivity contribution in [2.24, 2.45) is 5.92 Å². The lowest BCUT2D eigenvalue weighted by atomic mass is 9.96. The highest BCUT2D eigenvalue weighted by molar-refractivity contribution is 7.91. The van der Waals surface area contributed by atoms with E-state index in [1.54, 1.807) is 11.0 Å². The van der Waals surface area contributed by atoms with Gasteiger partial charge in [-0.05, 0) is 25.0 Å². The fraction of sp³-hybridized carbons (Fsp3) is 0.500. The molecule has 0 unspecified atom stereocenters. The molecule has 0 aliphatic carbocycles. The van der Waals surface area contributed by atoms with E-state index in [4.69, 9.17) is 0 Å². The van der Waals surface area contributed by atoms with Gasteiger partial charge in [0.2, 0.25) is 9.84 Å². The van der Waals surface area contributed by atoms with Crippen LogP contribution in [-0.2, 0) is 19.4 Å². The summed E-state index contributed by atoms with van der Waals surface area (Å²) in [6.07, 6.45) is 0.992. The number of methoxy groups -OCH3 is 1. The highest BCUT2D eigenvalue weighted by atomic mass is 32.2. The zero-order valence-corrected chi connectivity index (χ0v) is 12.9. The number of piperidine rings is 1. The van der Waals surface area contributed by atoms with E-state index in [2.05, 4.69) is 4.74 Å². The normalized spacial score (nSPS) is 16.8. The number of hydrogen-bond acceptors (Lipinski definition) is 5. The van der Waals surface area contributed by atoms with Crippen LogP contribution >= 0.6 is 0 Å². The van der Waals surface area contributed by atoms with Crippen molar-refractivity contribution in [1.82, 2.24) is 0 Å². The Bertz CT molecular complexity index is 640. The van der Waals surface area contributed by atoms with E-state index in [0.29, 0.717) is 25.9 Å². The molecule has 0 atom stereocenters. The van der Waals surface area contributed by atoms with E-state index < -0.39 is 15.6 Å². The third-order valence-electron chi connectivity index (χ3n) is 3.78. The number of benzene rings is 1. The number of anilines is 1. The van der Waals surface area contributed by atoms with E-state index in [1.165, 1.54) is 25.3 Å². The van der Waals surface area contributed by atoms with Crippen LogP contribution in [0.1, 0.15) is 12.8 Å². The molecular weight excluding hydrogens is 316 g/mol. The summed E-state index contributed by atoms with van der Waals surface area (Å²) in [5.41, 5.74) is 0.256. The van der Waals surface area contributed by atoms with Gasteiger partial charge >= 0.3 is 11.7 Å². The van der Waals surface area contributed by atoms with Crippen LogP contribution in [0.15, 0.2) is 29.2 Å². The van der Waals surface area contributed by atoms with Gasteiger partial charge in [0.1, 0.15) is 0 Å². The molecule has 0 aromatic heterocycles. The van der Waals surface area contributed by atoms with Gasteiger partial charge in [0.15, 0.2) is 0 Å². The van der Waals surface area contributed by atoms with Crippen molar-refractivity contribution < 1.29 is 26.7 Å². The standard InChI is InChI=1S/C14H17F2NO4S/c1-21-13(18)10-6-8-17(9-7-10)11-4-2-3-5-12(11)22(19,20)14(15)16/h2-5,10,14H,6-9H2,1H3. The van der Waals surface area contributed by atoms with Gasteiger partial charge < -0.3 is 9.64 Å². The molecule has 0 N–H and O–H groups in total. The molecule has 1 aliphatic rings. The number of nitrogens with zero attached hydrogens (tertiary/aromatic N) is 1. The Morgan fingerprint density at radius 1 is 1.27 bits per heavy atom. The molecule has 1 aromatic carbocycles. The second-order valence-corrected chi connectivity index (χ2v) is 6.94. The molecule has 0 amide bonds. The number of carbonyl (C=O) groups excluding carboxylic acids is 1. The number of alkyl halides is 2. The summed E-state index contributed by atoms with van der Waals surface area (Å²) in [5, 5.41) is 0. The topological polar surface area (TPSA) is 63.7 Å². The molecule has 0 spiro atoms. The van der Waals surface area contributed by atoms with Crippen LogP contribution in [-0.4, -0.2) is 40.3 Å². The number of para-hydroxylation sites is 1. The summed E-state index contributed by atoms with van der Waals surface area (Å²) in [4.78, 5) is 12.8. The summed E-state index contributed by atoms with van der Waals surface area (Å²) < 4.78 is 53.8. The van der Waals surface area contributed by atoms with Crippen molar-refractivity contribution in [3.05, 3.63) is 24.3 Å². The van der Waals surface area contributed by atoms with Crippen LogP contribution in [0, 0.1) is 5.92 Å². The molecule has 1 fully saturated rings. The Morgan fingerprint density at radius 2 is 1.86 bits per heavy atom. The summed E-state index contributed by atoms with van der Waals surface area (Å²) >= 11 is 0. The third-order valence-corrected chi connectivity index (χ3v) is 5.20. The Balaban J connectivity index is 2.24. The SMILES string of the molecule is COC(=O)C1CCN(c2ccccc2S(=O)(=O)C(F)F)CC1. The van der Waals surface area contributed by atoms with Gasteiger partial charge in [-0.3, -0.25) is 4.79 Å². The second kappa shape index (κ2) is 6.60. The molecule has 0 bridgehead atoms. The number of halogens is 2. The van der Waals surface area contributed by atoms with E-state index in [1.807, 2.05) is 0 Å². The summed E-state index contributed by atoms with van der Waals surface area (Å²) in [5.74, 6) is -3.99. The molecular formula is C14H17F2NO4S. The van der Waals surface area contributed by atoms with Crippen molar-refractivity contribution in [2.45, 2.75) is 23.5 Å². The van der Waals surface area contributed by atoms with Gasteiger partial charge in [-0.2, -0.15) is 8.78 Å². The van der Waals surface area contributed by atoms with Gasteiger partial charge in [-0.25, -0.2) is 8.42 Å². The van der Waals surface area contributed by atoms with Crippen molar-refractivity contribution >= 4 is 21.5 Å². The lowest BCUT2D eigenvalue weighted by molar-refractivity contribution is -0.146. The minimum atomic E-state index is -4.66. The zero-order chi connectivity index (χ0) is 16.3. The molecule has 122 valence electrons. The van der Waals surface area contributed by atoms with Crippen LogP contribution in [0.4, 0.5) is 14.5 Å². The van der Waals surface area contributed by atoms with Crippen LogP contribution in [0.3, 0.4) is 0 Å². The highest BCUT2D eigenvalue weighted by Crippen LogP contribution is 2.32. The van der Waals surface area contributed by atoms with Crippen molar-refractivity contribution in [3.63, 3.8) is 0 Å². The summed E-state index contributed by atoms with van der Waals surface area (Å²) in [6, 6.07) is 5.71. The maximum Gasteiger partial charge on any atom is 0.341 e. The molecule has 5 nitrogen and oxygen atoms in total. The van der Waals surface area contributed by atoms with E-state index in [0.717, 1.165) is 0 Å². The average Bonchev–Trinajstić information content (AvgIpc) is 2.54. The monoisotopic (exact) mass is 333 g/mol. The fourth-order valence-electron chi connectivity index (χ4n) is 2.58. The smallest absolute Gasteiger partial charge is 0.341 e. The van der Waals surface area contributed by atoms with Gasteiger partial charge in [-0.15, -0.1) is 0 Å². The van der Waals surface area contributed by atoms with Crippen molar-refractivity contribution in [3.8, 4) is 0 Å². The van der Waals surface area contributed by atoms with Crippen LogP contribution < -0.4 is 4.90 Å². The number of esters is 1. The molecule has 0 saturated carbocycles. The van der Waals surface area contributed by atoms with Gasteiger partial charge in [0.25, 0.3) is 0 Å². The molecule has 1 saturated heterocycles. The largest absolute Gasteiger partial charge is 0.469 e. The fourth-order valence-corrected chi connectivity index (χ4v) is 3.53. The Kier molecular flexibility index (Phi) is 5.00. The van der Waals surface area contributed by atoms with Crippen LogP contribution in [0.2, 0.25) is 0 Å². The van der Waals surface area contributed by atoms with E-state index in [9.17, 15) is 22.0 Å². The zero-order valence-electron chi connectivity index (χ0n) is 12.0. The maximum absolute atomic E-state index is 12.8. The first-order valence-corrected chi connectivity index (χ1v) is 8.36. The number of rotatable bonds is 4. The van der Waals surface area contributed by atoms with Crippen molar-refractivity contribution in [1.29, 1.82) is 0 Å². The van der Waals surface area contributed by atoms with Gasteiger partial charge in [-0.1, -0.05) is 12.1 Å². The number of sulfone groups is 1. The van der Waals surface area contributed by atoms with E-state index >= 15 is 0 Å². The van der Waals surface area contributed by atoms with Crippen LogP contribution in [0.5, 0.6) is 0 Å². The molecule has 0 radical (unpaired) electrons. The first-order chi connectivity index (χ1) is 10.4. The van der Waals surface area contributed by atoms with Crippen LogP contribution in [0.25, 0.3) is 0 Å². The lowest BCUT2D eigenvalue weighted by Crippen LogP contribution is -2.37. The first kappa shape index (κ1) is 16.7.